The van der Waals surface area contributed by atoms with E-state index in [9.17, 15) is 4.79 Å². The highest BCUT2D eigenvalue weighted by Crippen LogP contribution is 2.57. The number of rotatable bonds is 8. The standard InChI is InChI=1S/C34H47NO9Si/c1-30(2,3)45(22-15-11-9-12-16-22,23-17-13-10-14-18-23)40-19-24-25-33(20-39-31(4,5)44-33)26-27(43-32(6,7)42-26)34(24,35)28(29(36)41-25)38-21-37-8/h9-18,24-28H,19-21,35H2,1-8H3/t24-,25+,26-,27+,28+,33-,34+/m0/s1. The molecule has 2 aromatic carbocycles. The second-order valence-electron chi connectivity index (χ2n) is 14.6. The molecule has 11 heteroatoms. The molecule has 3 aliphatic heterocycles. The van der Waals surface area contributed by atoms with Crippen LogP contribution in [-0.4, -0.2) is 88.5 Å². The zero-order valence-corrected chi connectivity index (χ0v) is 28.5. The number of nitrogens with two attached hydrogens (primary N) is 1. The highest BCUT2D eigenvalue weighted by molar-refractivity contribution is 6.99. The van der Waals surface area contributed by atoms with Gasteiger partial charge in [-0.05, 0) is 43.1 Å². The first-order valence-electron chi connectivity index (χ1n) is 15.7. The van der Waals surface area contributed by atoms with Crippen LogP contribution in [0.5, 0.6) is 0 Å². The summed E-state index contributed by atoms with van der Waals surface area (Å²) in [6.45, 7) is 14.1. The number of carbonyl (C=O) groups excluding carboxylic acids is 1. The molecule has 1 spiro atoms. The molecule has 1 aliphatic carbocycles. The van der Waals surface area contributed by atoms with E-state index in [0.717, 1.165) is 10.4 Å². The summed E-state index contributed by atoms with van der Waals surface area (Å²) in [7, 11) is -1.53. The molecule has 0 amide bonds. The molecular formula is C34H47NO9Si. The van der Waals surface area contributed by atoms with Gasteiger partial charge in [-0.1, -0.05) is 81.4 Å². The smallest absolute Gasteiger partial charge is 0.337 e. The van der Waals surface area contributed by atoms with Crippen molar-refractivity contribution >= 4 is 24.7 Å². The van der Waals surface area contributed by atoms with Crippen LogP contribution in [0.15, 0.2) is 60.7 Å². The van der Waals surface area contributed by atoms with Crippen LogP contribution in [0.1, 0.15) is 48.5 Å². The largest absolute Gasteiger partial charge is 0.457 e. The SMILES string of the molecule is COCO[C@@H]1C(=O)O[C@@H]2[C@H](CO[Si](c3ccccc3)(c3ccccc3)C(C)(C)C)[C@@]1(N)[C@@H]1OC(C)(C)O[C@@H]1[C@]21COC(C)(C)O1. The first-order chi connectivity index (χ1) is 21.1. The predicted molar refractivity (Wildman–Crippen MR) is 168 cm³/mol. The van der Waals surface area contributed by atoms with E-state index in [2.05, 4.69) is 45.0 Å². The Kier molecular flexibility index (Phi) is 8.15. The molecular weight excluding hydrogens is 594 g/mol. The Morgan fingerprint density at radius 2 is 1.47 bits per heavy atom. The van der Waals surface area contributed by atoms with E-state index in [1.807, 2.05) is 64.1 Å². The van der Waals surface area contributed by atoms with Crippen molar-refractivity contribution < 1.29 is 42.4 Å². The molecule has 1 saturated carbocycles. The molecule has 0 radical (unpaired) electrons. The van der Waals surface area contributed by atoms with Gasteiger partial charge in [0.15, 0.2) is 23.3 Å². The highest BCUT2D eigenvalue weighted by Gasteiger charge is 2.79. The van der Waals surface area contributed by atoms with Gasteiger partial charge in [-0.2, -0.15) is 0 Å². The Balaban J connectivity index is 1.51. The fraction of sp³-hybridized carbons (Fsp3) is 0.618. The van der Waals surface area contributed by atoms with Crippen LogP contribution in [0.2, 0.25) is 5.04 Å². The van der Waals surface area contributed by atoms with Crippen LogP contribution in [0.4, 0.5) is 0 Å². The molecule has 2 N–H and O–H groups in total. The Morgan fingerprint density at radius 3 is 1.98 bits per heavy atom. The topological polar surface area (TPSA) is 117 Å². The molecule has 6 rings (SSSR count). The van der Waals surface area contributed by atoms with Crippen molar-refractivity contribution in [3.8, 4) is 0 Å². The number of carbonyl (C=O) groups is 1. The number of ether oxygens (including phenoxy) is 7. The van der Waals surface area contributed by atoms with E-state index in [-0.39, 0.29) is 25.0 Å². The predicted octanol–water partition coefficient (Wildman–Crippen LogP) is 2.85. The second-order valence-corrected chi connectivity index (χ2v) is 18.9. The quantitative estimate of drug-likeness (QED) is 0.262. The van der Waals surface area contributed by atoms with E-state index in [1.54, 1.807) is 0 Å². The minimum absolute atomic E-state index is 0.119. The van der Waals surface area contributed by atoms with Gasteiger partial charge in [0.25, 0.3) is 8.32 Å². The van der Waals surface area contributed by atoms with Crippen molar-refractivity contribution in [2.75, 3.05) is 27.1 Å². The number of hydrogen-bond donors (Lipinski definition) is 1. The van der Waals surface area contributed by atoms with E-state index >= 15 is 0 Å². The number of hydrogen-bond acceptors (Lipinski definition) is 10. The minimum Gasteiger partial charge on any atom is -0.457 e. The fourth-order valence-corrected chi connectivity index (χ4v) is 12.6. The summed E-state index contributed by atoms with van der Waals surface area (Å²) in [5.74, 6) is -3.23. The van der Waals surface area contributed by atoms with Gasteiger partial charge >= 0.3 is 5.97 Å². The average Bonchev–Trinajstić information content (AvgIpc) is 3.50. The highest BCUT2D eigenvalue weighted by atomic mass is 28.4. The third-order valence-electron chi connectivity index (χ3n) is 9.80. The van der Waals surface area contributed by atoms with Gasteiger partial charge in [-0.25, -0.2) is 4.79 Å². The van der Waals surface area contributed by atoms with E-state index in [4.69, 9.17) is 43.3 Å². The Bertz CT molecular complexity index is 1340. The van der Waals surface area contributed by atoms with Crippen molar-refractivity contribution in [2.24, 2.45) is 11.7 Å². The maximum absolute atomic E-state index is 13.8. The minimum atomic E-state index is -3.03. The molecule has 2 bridgehead atoms. The molecule has 0 aromatic heterocycles. The summed E-state index contributed by atoms with van der Waals surface area (Å²) in [6.07, 6.45) is -3.62. The molecule has 3 saturated heterocycles. The van der Waals surface area contributed by atoms with Gasteiger partial charge in [-0.3, -0.25) is 0 Å². The molecule has 7 atom stereocenters. The summed E-state index contributed by atoms with van der Waals surface area (Å²) in [4.78, 5) is 13.8. The Labute approximate surface area is 266 Å². The number of esters is 1. The van der Waals surface area contributed by atoms with Crippen LogP contribution in [-0.2, 0) is 42.4 Å². The van der Waals surface area contributed by atoms with Crippen molar-refractivity contribution in [3.05, 3.63) is 60.7 Å². The molecule has 3 heterocycles. The van der Waals surface area contributed by atoms with Crippen LogP contribution < -0.4 is 16.1 Å². The van der Waals surface area contributed by atoms with Crippen LogP contribution in [0.25, 0.3) is 0 Å². The first-order valence-corrected chi connectivity index (χ1v) is 17.6. The number of benzene rings is 2. The molecule has 0 unspecified atom stereocenters. The lowest BCUT2D eigenvalue weighted by molar-refractivity contribution is -0.293. The average molecular weight is 642 g/mol. The monoisotopic (exact) mass is 641 g/mol. The molecule has 246 valence electrons. The van der Waals surface area contributed by atoms with Crippen molar-refractivity contribution in [1.82, 2.24) is 0 Å². The maximum atomic E-state index is 13.8. The molecule has 2 aromatic rings. The molecule has 4 fully saturated rings. The third kappa shape index (κ3) is 5.11. The van der Waals surface area contributed by atoms with Crippen molar-refractivity contribution in [3.63, 3.8) is 0 Å². The fourth-order valence-electron chi connectivity index (χ4n) is 8.02. The zero-order valence-electron chi connectivity index (χ0n) is 27.5. The zero-order chi connectivity index (χ0) is 32.5. The van der Waals surface area contributed by atoms with E-state index < -0.39 is 67.3 Å². The molecule has 10 nitrogen and oxygen atoms in total. The van der Waals surface area contributed by atoms with Gasteiger partial charge in [-0.15, -0.1) is 0 Å². The third-order valence-corrected chi connectivity index (χ3v) is 14.8. The summed E-state index contributed by atoms with van der Waals surface area (Å²) < 4.78 is 51.0. The molecule has 45 heavy (non-hydrogen) atoms. The van der Waals surface area contributed by atoms with Gasteiger partial charge < -0.3 is 43.3 Å². The van der Waals surface area contributed by atoms with E-state index in [1.165, 1.54) is 7.11 Å². The van der Waals surface area contributed by atoms with Crippen LogP contribution in [0, 0.1) is 5.92 Å². The van der Waals surface area contributed by atoms with Gasteiger partial charge in [0.05, 0.1) is 12.1 Å². The summed E-state index contributed by atoms with van der Waals surface area (Å²) in [5.41, 5.74) is 4.88. The summed E-state index contributed by atoms with van der Waals surface area (Å²) in [5, 5.41) is 1.94. The van der Waals surface area contributed by atoms with Crippen molar-refractivity contribution in [2.45, 2.75) is 101 Å². The maximum Gasteiger partial charge on any atom is 0.337 e. The Morgan fingerprint density at radius 1 is 0.889 bits per heavy atom. The summed E-state index contributed by atoms with van der Waals surface area (Å²) >= 11 is 0. The lowest BCUT2D eigenvalue weighted by Crippen LogP contribution is -2.85. The lowest BCUT2D eigenvalue weighted by atomic mass is 9.59. The molecule has 4 aliphatic rings. The van der Waals surface area contributed by atoms with Crippen LogP contribution in [0.3, 0.4) is 0 Å². The Hall–Kier alpha value is -2.19. The lowest BCUT2D eigenvalue weighted by Gasteiger charge is -2.61. The van der Waals surface area contributed by atoms with Gasteiger partial charge in [0, 0.05) is 19.6 Å². The van der Waals surface area contributed by atoms with Gasteiger partial charge in [0.2, 0.25) is 0 Å². The second kappa shape index (κ2) is 11.2. The van der Waals surface area contributed by atoms with Crippen LogP contribution >= 0.6 is 0 Å². The number of methoxy groups -OCH3 is 1. The van der Waals surface area contributed by atoms with Crippen molar-refractivity contribution in [1.29, 1.82) is 0 Å². The normalized spacial score (nSPS) is 35.3. The number of fused-ring (bicyclic) bond motifs is 6. The van der Waals surface area contributed by atoms with Gasteiger partial charge in [0.1, 0.15) is 25.1 Å². The summed E-state index contributed by atoms with van der Waals surface area (Å²) in [6, 6.07) is 20.7. The first kappa shape index (κ1) is 32.7. The van der Waals surface area contributed by atoms with E-state index in [0.29, 0.717) is 0 Å².